The van der Waals surface area contributed by atoms with Crippen LogP contribution in [0.1, 0.15) is 15.2 Å². The summed E-state index contributed by atoms with van der Waals surface area (Å²) in [6, 6.07) is 14.1. The number of halogens is 2. The second kappa shape index (κ2) is 6.07. The summed E-state index contributed by atoms with van der Waals surface area (Å²) in [7, 11) is 1.65. The van der Waals surface area contributed by atoms with Gasteiger partial charge in [-0.3, -0.25) is 4.79 Å². The lowest BCUT2D eigenvalue weighted by atomic mass is 10.2. The molecule has 0 aliphatic rings. The Morgan fingerprint density at radius 1 is 1.18 bits per heavy atom. The number of fused-ring (bicyclic) bond motifs is 1. The molecular weight excluding hydrogens is 321 g/mol. The monoisotopic (exact) mass is 333 g/mol. The molecule has 0 aliphatic carbocycles. The summed E-state index contributed by atoms with van der Waals surface area (Å²) >= 11 is 7.68. The van der Waals surface area contributed by atoms with Crippen LogP contribution in [0.3, 0.4) is 0 Å². The fraction of sp³-hybridized carbons (Fsp3) is 0.118. The molecule has 0 fully saturated rings. The van der Waals surface area contributed by atoms with Crippen molar-refractivity contribution in [3.8, 4) is 0 Å². The Hall–Kier alpha value is -1.91. The maximum atomic E-state index is 13.7. The third-order valence-electron chi connectivity index (χ3n) is 3.44. The van der Waals surface area contributed by atoms with E-state index >= 15 is 0 Å². The van der Waals surface area contributed by atoms with E-state index in [1.165, 1.54) is 22.3 Å². The summed E-state index contributed by atoms with van der Waals surface area (Å²) in [6.45, 7) is 0.204. The summed E-state index contributed by atoms with van der Waals surface area (Å²) in [5.74, 6) is -0.515. The van der Waals surface area contributed by atoms with E-state index in [1.54, 1.807) is 25.2 Å². The quantitative estimate of drug-likeness (QED) is 0.663. The highest BCUT2D eigenvalue weighted by Crippen LogP contribution is 2.35. The Bertz CT molecular complexity index is 846. The summed E-state index contributed by atoms with van der Waals surface area (Å²) < 4.78 is 14.7. The van der Waals surface area contributed by atoms with Crippen molar-refractivity contribution >= 4 is 38.9 Å². The molecule has 0 unspecified atom stereocenters. The van der Waals surface area contributed by atoms with Crippen LogP contribution in [0, 0.1) is 5.82 Å². The number of benzene rings is 2. The molecular formula is C17H13ClFNOS. The van der Waals surface area contributed by atoms with Crippen LogP contribution in [0.4, 0.5) is 4.39 Å². The van der Waals surface area contributed by atoms with Crippen molar-refractivity contribution in [3.05, 3.63) is 69.8 Å². The van der Waals surface area contributed by atoms with Crippen LogP contribution in [0.25, 0.3) is 10.1 Å². The number of nitrogens with zero attached hydrogens (tertiary/aromatic N) is 1. The highest BCUT2D eigenvalue weighted by atomic mass is 35.5. The number of rotatable bonds is 3. The maximum Gasteiger partial charge on any atom is 0.265 e. The first-order chi connectivity index (χ1) is 10.6. The second-order valence-electron chi connectivity index (χ2n) is 4.99. The lowest BCUT2D eigenvalue weighted by molar-refractivity contribution is 0.0789. The first-order valence-corrected chi connectivity index (χ1v) is 7.93. The normalized spacial score (nSPS) is 10.9. The van der Waals surface area contributed by atoms with Crippen molar-refractivity contribution in [3.63, 3.8) is 0 Å². The van der Waals surface area contributed by atoms with Crippen LogP contribution in [-0.4, -0.2) is 17.9 Å². The van der Waals surface area contributed by atoms with E-state index in [-0.39, 0.29) is 18.3 Å². The lowest BCUT2D eigenvalue weighted by Crippen LogP contribution is -2.26. The van der Waals surface area contributed by atoms with Crippen molar-refractivity contribution < 1.29 is 9.18 Å². The Morgan fingerprint density at radius 3 is 2.59 bits per heavy atom. The summed E-state index contributed by atoms with van der Waals surface area (Å²) in [6.07, 6.45) is 0. The average molecular weight is 334 g/mol. The van der Waals surface area contributed by atoms with Gasteiger partial charge in [0.2, 0.25) is 0 Å². The zero-order valence-corrected chi connectivity index (χ0v) is 13.4. The molecule has 112 valence electrons. The minimum atomic E-state index is -0.315. The van der Waals surface area contributed by atoms with E-state index < -0.39 is 0 Å². The maximum absolute atomic E-state index is 13.7. The molecule has 0 saturated heterocycles. The minimum Gasteiger partial charge on any atom is -0.337 e. The SMILES string of the molecule is CN(Cc1ccccc1F)C(=O)c1sc2ccccc2c1Cl. The van der Waals surface area contributed by atoms with Gasteiger partial charge in [0.05, 0.1) is 5.02 Å². The Morgan fingerprint density at radius 2 is 1.86 bits per heavy atom. The zero-order chi connectivity index (χ0) is 15.7. The van der Waals surface area contributed by atoms with E-state index in [0.29, 0.717) is 15.5 Å². The highest BCUT2D eigenvalue weighted by Gasteiger charge is 2.20. The molecule has 1 heterocycles. The Balaban J connectivity index is 1.89. The molecule has 3 rings (SSSR count). The van der Waals surface area contributed by atoms with Gasteiger partial charge in [0.1, 0.15) is 10.7 Å². The standard InChI is InChI=1S/C17H13ClFNOS/c1-20(10-11-6-2-4-8-13(11)19)17(21)16-15(18)12-7-3-5-9-14(12)22-16/h2-9H,10H2,1H3. The van der Waals surface area contributed by atoms with E-state index in [2.05, 4.69) is 0 Å². The van der Waals surface area contributed by atoms with Gasteiger partial charge in [0.25, 0.3) is 5.91 Å². The van der Waals surface area contributed by atoms with Gasteiger partial charge in [0, 0.05) is 29.2 Å². The fourth-order valence-corrected chi connectivity index (χ4v) is 3.79. The third kappa shape index (κ3) is 2.72. The topological polar surface area (TPSA) is 20.3 Å². The number of hydrogen-bond acceptors (Lipinski definition) is 2. The first-order valence-electron chi connectivity index (χ1n) is 6.74. The Kier molecular flexibility index (Phi) is 4.14. The van der Waals surface area contributed by atoms with Gasteiger partial charge < -0.3 is 4.90 Å². The summed E-state index contributed by atoms with van der Waals surface area (Å²) in [4.78, 5) is 14.5. The number of amides is 1. The van der Waals surface area contributed by atoms with Crippen LogP contribution < -0.4 is 0 Å². The van der Waals surface area contributed by atoms with E-state index in [9.17, 15) is 9.18 Å². The number of hydrogen-bond donors (Lipinski definition) is 0. The van der Waals surface area contributed by atoms with E-state index in [1.807, 2.05) is 24.3 Å². The van der Waals surface area contributed by atoms with Gasteiger partial charge >= 0.3 is 0 Å². The average Bonchev–Trinajstić information content (AvgIpc) is 2.86. The lowest BCUT2D eigenvalue weighted by Gasteiger charge is -2.17. The number of carbonyl (C=O) groups excluding carboxylic acids is 1. The van der Waals surface area contributed by atoms with E-state index in [4.69, 9.17) is 11.6 Å². The molecule has 1 aromatic heterocycles. The molecule has 2 aromatic carbocycles. The van der Waals surface area contributed by atoms with Crippen molar-refractivity contribution in [1.82, 2.24) is 4.90 Å². The summed E-state index contributed by atoms with van der Waals surface area (Å²) in [5, 5.41) is 1.34. The highest BCUT2D eigenvalue weighted by molar-refractivity contribution is 7.21. The molecule has 5 heteroatoms. The molecule has 0 aliphatic heterocycles. The molecule has 0 spiro atoms. The van der Waals surface area contributed by atoms with Gasteiger partial charge in [-0.1, -0.05) is 48.0 Å². The van der Waals surface area contributed by atoms with Gasteiger partial charge in [-0.15, -0.1) is 11.3 Å². The Labute approximate surface area is 136 Å². The van der Waals surface area contributed by atoms with Crippen LogP contribution in [0.2, 0.25) is 5.02 Å². The minimum absolute atomic E-state index is 0.200. The molecule has 3 aromatic rings. The van der Waals surface area contributed by atoms with Crippen molar-refractivity contribution in [2.24, 2.45) is 0 Å². The molecule has 0 bridgehead atoms. The number of carbonyl (C=O) groups is 1. The van der Waals surface area contributed by atoms with Crippen LogP contribution >= 0.6 is 22.9 Å². The first kappa shape index (κ1) is 15.0. The smallest absolute Gasteiger partial charge is 0.265 e. The van der Waals surface area contributed by atoms with E-state index in [0.717, 1.165) is 10.1 Å². The van der Waals surface area contributed by atoms with Crippen LogP contribution in [0.15, 0.2) is 48.5 Å². The van der Waals surface area contributed by atoms with Gasteiger partial charge in [0.15, 0.2) is 0 Å². The predicted octanol–water partition coefficient (Wildman–Crippen LogP) is 4.97. The second-order valence-corrected chi connectivity index (χ2v) is 6.42. The molecule has 1 amide bonds. The van der Waals surface area contributed by atoms with Crippen molar-refractivity contribution in [2.75, 3.05) is 7.05 Å². The molecule has 0 saturated carbocycles. The number of thiophene rings is 1. The van der Waals surface area contributed by atoms with Gasteiger partial charge in [-0.2, -0.15) is 0 Å². The molecule has 0 atom stereocenters. The molecule has 0 radical (unpaired) electrons. The fourth-order valence-electron chi connectivity index (χ4n) is 2.28. The molecule has 22 heavy (non-hydrogen) atoms. The van der Waals surface area contributed by atoms with Crippen LogP contribution in [0.5, 0.6) is 0 Å². The molecule has 0 N–H and O–H groups in total. The van der Waals surface area contributed by atoms with Crippen molar-refractivity contribution in [1.29, 1.82) is 0 Å². The largest absolute Gasteiger partial charge is 0.337 e. The van der Waals surface area contributed by atoms with Crippen molar-refractivity contribution in [2.45, 2.75) is 6.54 Å². The van der Waals surface area contributed by atoms with Gasteiger partial charge in [-0.25, -0.2) is 4.39 Å². The zero-order valence-electron chi connectivity index (χ0n) is 11.8. The molecule has 2 nitrogen and oxygen atoms in total. The predicted molar refractivity (Wildman–Crippen MR) is 89.0 cm³/mol. The summed E-state index contributed by atoms with van der Waals surface area (Å²) in [5.41, 5.74) is 0.482. The third-order valence-corrected chi connectivity index (χ3v) is 5.10. The van der Waals surface area contributed by atoms with Crippen LogP contribution in [-0.2, 0) is 6.54 Å². The van der Waals surface area contributed by atoms with Gasteiger partial charge in [-0.05, 0) is 12.1 Å².